The van der Waals surface area contributed by atoms with Crippen molar-refractivity contribution in [2.75, 3.05) is 0 Å². The third-order valence-electron chi connectivity index (χ3n) is 8.58. The molecule has 0 aliphatic heterocycles. The predicted molar refractivity (Wildman–Crippen MR) is 173 cm³/mol. The zero-order chi connectivity index (χ0) is 28.0. The molecule has 0 radical (unpaired) electrons. The van der Waals surface area contributed by atoms with Crippen LogP contribution in [0.5, 0.6) is 0 Å². The maximum Gasteiger partial charge on any atom is -0.0188 e. The van der Waals surface area contributed by atoms with Crippen molar-refractivity contribution >= 4 is 11.1 Å². The summed E-state index contributed by atoms with van der Waals surface area (Å²) >= 11 is 0. The molecular weight excluding hydrogens is 456 g/mol. The van der Waals surface area contributed by atoms with E-state index in [4.69, 9.17) is 0 Å². The van der Waals surface area contributed by atoms with Crippen LogP contribution in [0.2, 0.25) is 0 Å². The van der Waals surface area contributed by atoms with Crippen LogP contribution >= 0.6 is 0 Å². The molecular formula is C38H58. The van der Waals surface area contributed by atoms with E-state index in [0.29, 0.717) is 11.3 Å². The summed E-state index contributed by atoms with van der Waals surface area (Å²) in [5.74, 6) is 2.30. The standard InChI is InChI=1S/C22H38.C16H20/c1-6-12-20(18-22(5,15-7-2)16-8-3)17-19(4)21-13-10-9-11-14-21;1-12(2)14-7-9-15(10-8-14)16-6-4-5-13(3)11-16/h9-11,13-14,19-20H,6-8,12,15-18H2,1-5H3;7-11,13H,1,4-6H2,2-3H3. The third kappa shape index (κ3) is 11.0. The zero-order valence-corrected chi connectivity index (χ0v) is 26.0. The van der Waals surface area contributed by atoms with Crippen LogP contribution in [-0.4, -0.2) is 0 Å². The molecule has 0 fully saturated rings. The summed E-state index contributed by atoms with van der Waals surface area (Å²) in [5, 5.41) is 0. The highest BCUT2D eigenvalue weighted by Gasteiger charge is 2.27. The Kier molecular flexibility index (Phi) is 14.2. The zero-order valence-electron chi connectivity index (χ0n) is 26.0. The lowest BCUT2D eigenvalue weighted by atomic mass is 9.71. The Hall–Kier alpha value is -2.08. The van der Waals surface area contributed by atoms with Gasteiger partial charge >= 0.3 is 0 Å². The highest BCUT2D eigenvalue weighted by molar-refractivity contribution is 5.69. The molecule has 0 N–H and O–H groups in total. The van der Waals surface area contributed by atoms with E-state index in [1.165, 1.54) is 92.9 Å². The van der Waals surface area contributed by atoms with Crippen molar-refractivity contribution in [1.29, 1.82) is 0 Å². The van der Waals surface area contributed by atoms with Crippen molar-refractivity contribution < 1.29 is 0 Å². The maximum absolute atomic E-state index is 3.96. The summed E-state index contributed by atoms with van der Waals surface area (Å²) in [7, 11) is 0. The summed E-state index contributed by atoms with van der Waals surface area (Å²) in [6.45, 7) is 20.3. The van der Waals surface area contributed by atoms with Gasteiger partial charge in [0.05, 0.1) is 0 Å². The minimum absolute atomic E-state index is 0.555. The van der Waals surface area contributed by atoms with Crippen molar-refractivity contribution in [3.8, 4) is 0 Å². The first-order valence-corrected chi connectivity index (χ1v) is 15.7. The van der Waals surface area contributed by atoms with Crippen LogP contribution < -0.4 is 0 Å². The summed E-state index contributed by atoms with van der Waals surface area (Å²) in [6, 6.07) is 19.9. The highest BCUT2D eigenvalue weighted by Crippen LogP contribution is 2.40. The van der Waals surface area contributed by atoms with Gasteiger partial charge in [-0.05, 0) is 97.3 Å². The van der Waals surface area contributed by atoms with Crippen molar-refractivity contribution in [2.24, 2.45) is 17.3 Å². The van der Waals surface area contributed by atoms with Gasteiger partial charge in [-0.25, -0.2) is 0 Å². The van der Waals surface area contributed by atoms with Crippen LogP contribution in [0.1, 0.15) is 142 Å². The monoisotopic (exact) mass is 514 g/mol. The van der Waals surface area contributed by atoms with Gasteiger partial charge < -0.3 is 0 Å². The summed E-state index contributed by atoms with van der Waals surface area (Å²) in [6.07, 6.45) is 17.2. The summed E-state index contributed by atoms with van der Waals surface area (Å²) < 4.78 is 0. The molecule has 0 amide bonds. The lowest BCUT2D eigenvalue weighted by Gasteiger charge is -2.34. The van der Waals surface area contributed by atoms with Crippen molar-refractivity contribution in [1.82, 2.24) is 0 Å². The molecule has 1 aliphatic carbocycles. The second kappa shape index (κ2) is 16.8. The van der Waals surface area contributed by atoms with E-state index in [9.17, 15) is 0 Å². The van der Waals surface area contributed by atoms with E-state index in [2.05, 4.69) is 116 Å². The molecule has 0 spiro atoms. The molecule has 0 heterocycles. The third-order valence-corrected chi connectivity index (χ3v) is 8.58. The van der Waals surface area contributed by atoms with E-state index < -0.39 is 0 Å². The van der Waals surface area contributed by atoms with Crippen LogP contribution in [0.25, 0.3) is 11.1 Å². The topological polar surface area (TPSA) is 0 Å². The first-order chi connectivity index (χ1) is 18.2. The lowest BCUT2D eigenvalue weighted by Crippen LogP contribution is -2.22. The largest absolute Gasteiger partial charge is 0.0955 e. The van der Waals surface area contributed by atoms with Gasteiger partial charge in [-0.3, -0.25) is 0 Å². The predicted octanol–water partition coefficient (Wildman–Crippen LogP) is 12.5. The Morgan fingerprint density at radius 1 is 0.947 bits per heavy atom. The molecule has 0 heteroatoms. The Morgan fingerprint density at radius 2 is 1.58 bits per heavy atom. The van der Waals surface area contributed by atoms with E-state index in [-0.39, 0.29) is 0 Å². The fraction of sp³-hybridized carbons (Fsp3) is 0.579. The Bertz CT molecular complexity index is 939. The van der Waals surface area contributed by atoms with Gasteiger partial charge in [-0.15, -0.1) is 0 Å². The quantitative estimate of drug-likeness (QED) is 0.249. The van der Waals surface area contributed by atoms with Gasteiger partial charge in [0.15, 0.2) is 0 Å². The molecule has 0 saturated carbocycles. The molecule has 0 nitrogen and oxygen atoms in total. The number of hydrogen-bond donors (Lipinski definition) is 0. The number of benzene rings is 2. The van der Waals surface area contributed by atoms with Gasteiger partial charge in [0.25, 0.3) is 0 Å². The molecule has 38 heavy (non-hydrogen) atoms. The minimum Gasteiger partial charge on any atom is -0.0955 e. The smallest absolute Gasteiger partial charge is 0.0188 e. The van der Waals surface area contributed by atoms with Crippen LogP contribution in [0.4, 0.5) is 0 Å². The van der Waals surface area contributed by atoms with Gasteiger partial charge in [-0.2, -0.15) is 0 Å². The summed E-state index contributed by atoms with van der Waals surface area (Å²) in [5.41, 5.74) is 7.35. The Balaban J connectivity index is 0.000000279. The van der Waals surface area contributed by atoms with Gasteiger partial charge in [0.2, 0.25) is 0 Å². The van der Waals surface area contributed by atoms with Crippen LogP contribution in [0.3, 0.4) is 0 Å². The Labute approximate surface area is 237 Å². The van der Waals surface area contributed by atoms with Gasteiger partial charge in [0.1, 0.15) is 0 Å². The van der Waals surface area contributed by atoms with Crippen LogP contribution in [-0.2, 0) is 0 Å². The second-order valence-electron chi connectivity index (χ2n) is 12.6. The molecule has 0 saturated heterocycles. The SMILES string of the molecule is C=C(C)c1ccc(C2=CC(C)CCC2)cc1.CCCC(CC(C)c1ccccc1)CC(C)(CCC)CCC. The first-order valence-electron chi connectivity index (χ1n) is 15.7. The van der Waals surface area contributed by atoms with Gasteiger partial charge in [0, 0.05) is 0 Å². The number of allylic oxidation sites excluding steroid dienone is 3. The average Bonchev–Trinajstić information content (AvgIpc) is 2.90. The molecule has 0 bridgehead atoms. The lowest BCUT2D eigenvalue weighted by molar-refractivity contribution is 0.183. The van der Waals surface area contributed by atoms with Crippen molar-refractivity contribution in [3.05, 3.63) is 83.9 Å². The average molecular weight is 515 g/mol. The molecule has 2 aromatic rings. The van der Waals surface area contributed by atoms with E-state index >= 15 is 0 Å². The first kappa shape index (κ1) is 32.1. The Morgan fingerprint density at radius 3 is 2.11 bits per heavy atom. The van der Waals surface area contributed by atoms with Crippen molar-refractivity contribution in [3.63, 3.8) is 0 Å². The fourth-order valence-corrected chi connectivity index (χ4v) is 6.70. The fourth-order valence-electron chi connectivity index (χ4n) is 6.70. The van der Waals surface area contributed by atoms with Gasteiger partial charge in [-0.1, -0.05) is 140 Å². The molecule has 3 rings (SSSR count). The van der Waals surface area contributed by atoms with E-state index in [1.54, 1.807) is 0 Å². The van der Waals surface area contributed by atoms with Crippen molar-refractivity contribution in [2.45, 2.75) is 125 Å². The number of hydrogen-bond acceptors (Lipinski definition) is 0. The van der Waals surface area contributed by atoms with Crippen LogP contribution in [0, 0.1) is 17.3 Å². The van der Waals surface area contributed by atoms with Crippen LogP contribution in [0.15, 0.2) is 67.3 Å². The maximum atomic E-state index is 3.96. The molecule has 0 aromatic heterocycles. The molecule has 3 unspecified atom stereocenters. The molecule has 3 atom stereocenters. The normalized spacial score (nSPS) is 17.1. The summed E-state index contributed by atoms with van der Waals surface area (Å²) in [4.78, 5) is 0. The number of rotatable bonds is 13. The molecule has 210 valence electrons. The molecule has 2 aromatic carbocycles. The minimum atomic E-state index is 0.555. The highest BCUT2D eigenvalue weighted by atomic mass is 14.3. The molecule has 1 aliphatic rings. The van der Waals surface area contributed by atoms with E-state index in [0.717, 1.165) is 17.4 Å². The second-order valence-corrected chi connectivity index (χ2v) is 12.6. The van der Waals surface area contributed by atoms with E-state index in [1.807, 2.05) is 0 Å².